The number of carbonyl (C=O) groups excluding carboxylic acids is 4. The van der Waals surface area contributed by atoms with Crippen molar-refractivity contribution in [2.45, 2.75) is 25.9 Å². The van der Waals surface area contributed by atoms with Gasteiger partial charge in [0.25, 0.3) is 11.8 Å². The maximum atomic E-state index is 12.6. The van der Waals surface area contributed by atoms with E-state index in [1.54, 1.807) is 59.5 Å². The van der Waals surface area contributed by atoms with Gasteiger partial charge in [0.15, 0.2) is 6.10 Å². The summed E-state index contributed by atoms with van der Waals surface area (Å²) in [6.07, 6.45) is 0.00624. The number of carbonyl (C=O) groups is 4. The molecule has 1 aliphatic heterocycles. The van der Waals surface area contributed by atoms with Crippen LogP contribution in [0, 0.1) is 0 Å². The number of nitrogens with zero attached hydrogens (tertiary/aromatic N) is 1. The predicted octanol–water partition coefficient (Wildman–Crippen LogP) is 1.82. The van der Waals surface area contributed by atoms with E-state index in [9.17, 15) is 19.2 Å². The van der Waals surface area contributed by atoms with Gasteiger partial charge in [-0.05, 0) is 37.6 Å². The fourth-order valence-electron chi connectivity index (χ4n) is 2.94. The zero-order valence-corrected chi connectivity index (χ0v) is 15.9. The van der Waals surface area contributed by atoms with Gasteiger partial charge in [-0.25, -0.2) is 4.79 Å². The lowest BCUT2D eigenvalue weighted by Gasteiger charge is -2.20. The number of rotatable bonds is 5. The lowest BCUT2D eigenvalue weighted by Crippen LogP contribution is -2.46. The molecule has 2 N–H and O–H groups in total. The van der Waals surface area contributed by atoms with Crippen molar-refractivity contribution in [1.82, 2.24) is 10.9 Å². The van der Waals surface area contributed by atoms with Gasteiger partial charge >= 0.3 is 5.97 Å². The van der Waals surface area contributed by atoms with Crippen LogP contribution >= 0.6 is 0 Å². The summed E-state index contributed by atoms with van der Waals surface area (Å²) in [6, 6.07) is 15.0. The molecule has 1 fully saturated rings. The van der Waals surface area contributed by atoms with Crippen molar-refractivity contribution in [3.8, 4) is 0 Å². The topological polar surface area (TPSA) is 105 Å². The first-order chi connectivity index (χ1) is 14.0. The van der Waals surface area contributed by atoms with E-state index in [4.69, 9.17) is 4.74 Å². The molecule has 2 aromatic carbocycles. The third-order valence-corrected chi connectivity index (χ3v) is 4.48. The number of hydrogen-bond acceptors (Lipinski definition) is 5. The van der Waals surface area contributed by atoms with E-state index < -0.39 is 23.9 Å². The SMILES string of the molecule is C[C@@H](OC(=O)c1ccccc1N1CCCC1=O)C(=O)NNC(=O)c1ccccc1. The Balaban J connectivity index is 1.60. The van der Waals surface area contributed by atoms with Crippen LogP contribution in [0.15, 0.2) is 54.6 Å². The molecule has 0 aliphatic carbocycles. The van der Waals surface area contributed by atoms with E-state index in [0.717, 1.165) is 6.42 Å². The molecule has 1 heterocycles. The summed E-state index contributed by atoms with van der Waals surface area (Å²) in [4.78, 5) is 50.3. The van der Waals surface area contributed by atoms with E-state index in [-0.39, 0.29) is 11.5 Å². The zero-order valence-electron chi connectivity index (χ0n) is 15.9. The van der Waals surface area contributed by atoms with Gasteiger partial charge in [0.2, 0.25) is 5.91 Å². The van der Waals surface area contributed by atoms with Crippen LogP contribution in [0.1, 0.15) is 40.5 Å². The minimum absolute atomic E-state index is 0.0559. The van der Waals surface area contributed by atoms with E-state index in [2.05, 4.69) is 10.9 Å². The summed E-state index contributed by atoms with van der Waals surface area (Å²) >= 11 is 0. The number of benzene rings is 2. The number of amides is 3. The second-order valence-corrected chi connectivity index (χ2v) is 6.52. The quantitative estimate of drug-likeness (QED) is 0.594. The molecule has 2 aromatic rings. The molecule has 0 saturated carbocycles. The smallest absolute Gasteiger partial charge is 0.341 e. The lowest BCUT2D eigenvalue weighted by molar-refractivity contribution is -0.129. The number of anilines is 1. The Bertz CT molecular complexity index is 929. The van der Waals surface area contributed by atoms with Crippen LogP contribution in [-0.2, 0) is 14.3 Å². The summed E-state index contributed by atoms with van der Waals surface area (Å²) in [7, 11) is 0. The highest BCUT2D eigenvalue weighted by atomic mass is 16.5. The number of hydrazine groups is 1. The van der Waals surface area contributed by atoms with Gasteiger partial charge in [-0.15, -0.1) is 0 Å². The second-order valence-electron chi connectivity index (χ2n) is 6.52. The normalized spacial score (nSPS) is 14.2. The standard InChI is InChI=1S/C21H21N3O5/c1-14(19(26)22-23-20(27)15-8-3-2-4-9-15)29-21(28)16-10-5-6-11-17(16)24-13-7-12-18(24)25/h2-6,8-11,14H,7,12-13H2,1H3,(H,22,26)(H,23,27)/t14-/m1/s1. The minimum atomic E-state index is -1.15. The Kier molecular flexibility index (Phi) is 6.23. The molecule has 3 rings (SSSR count). The van der Waals surface area contributed by atoms with Crippen LogP contribution in [0.5, 0.6) is 0 Å². The minimum Gasteiger partial charge on any atom is -0.449 e. The zero-order chi connectivity index (χ0) is 20.8. The first-order valence-electron chi connectivity index (χ1n) is 9.23. The molecule has 8 heteroatoms. The van der Waals surface area contributed by atoms with Crippen molar-refractivity contribution in [1.29, 1.82) is 0 Å². The van der Waals surface area contributed by atoms with E-state index >= 15 is 0 Å². The molecule has 150 valence electrons. The van der Waals surface area contributed by atoms with Gasteiger partial charge in [0.05, 0.1) is 11.3 Å². The Labute approximate surface area is 167 Å². The van der Waals surface area contributed by atoms with Crippen molar-refractivity contribution < 1.29 is 23.9 Å². The molecule has 1 saturated heterocycles. The Hall–Kier alpha value is -3.68. The molecular weight excluding hydrogens is 374 g/mol. The average Bonchev–Trinajstić information content (AvgIpc) is 3.17. The van der Waals surface area contributed by atoms with Crippen LogP contribution in [0.3, 0.4) is 0 Å². The van der Waals surface area contributed by atoms with Crippen LogP contribution in [-0.4, -0.2) is 36.3 Å². The summed E-state index contributed by atoms with van der Waals surface area (Å²) in [5.74, 6) is -1.95. The highest BCUT2D eigenvalue weighted by Crippen LogP contribution is 2.26. The predicted molar refractivity (Wildman–Crippen MR) is 105 cm³/mol. The maximum Gasteiger partial charge on any atom is 0.341 e. The first-order valence-corrected chi connectivity index (χ1v) is 9.23. The molecule has 0 spiro atoms. The van der Waals surface area contributed by atoms with Gasteiger partial charge in [0, 0.05) is 18.5 Å². The summed E-state index contributed by atoms with van der Waals surface area (Å²) in [6.45, 7) is 1.93. The van der Waals surface area contributed by atoms with E-state index in [1.807, 2.05) is 0 Å². The van der Waals surface area contributed by atoms with E-state index in [0.29, 0.717) is 24.2 Å². The average molecular weight is 395 g/mol. The van der Waals surface area contributed by atoms with Crippen molar-refractivity contribution in [2.24, 2.45) is 0 Å². The first kappa shape index (κ1) is 20.1. The molecule has 29 heavy (non-hydrogen) atoms. The fourth-order valence-corrected chi connectivity index (χ4v) is 2.94. The number of para-hydroxylation sites is 1. The van der Waals surface area contributed by atoms with E-state index in [1.165, 1.54) is 6.92 Å². The number of hydrogen-bond donors (Lipinski definition) is 2. The van der Waals surface area contributed by atoms with Crippen LogP contribution in [0.2, 0.25) is 0 Å². The van der Waals surface area contributed by atoms with Crippen LogP contribution in [0.4, 0.5) is 5.69 Å². The molecule has 3 amide bonds. The molecule has 0 unspecified atom stereocenters. The number of esters is 1. The highest BCUT2D eigenvalue weighted by molar-refractivity contribution is 6.04. The number of ether oxygens (including phenoxy) is 1. The van der Waals surface area contributed by atoms with Crippen molar-refractivity contribution in [3.05, 3.63) is 65.7 Å². The lowest BCUT2D eigenvalue weighted by atomic mass is 10.1. The Morgan fingerprint density at radius 1 is 1.00 bits per heavy atom. The van der Waals surface area contributed by atoms with Crippen LogP contribution < -0.4 is 15.8 Å². The molecular formula is C21H21N3O5. The van der Waals surface area contributed by atoms with Gasteiger partial charge in [-0.3, -0.25) is 25.2 Å². The van der Waals surface area contributed by atoms with Crippen molar-refractivity contribution in [3.63, 3.8) is 0 Å². The molecule has 1 aliphatic rings. The summed E-state index contributed by atoms with van der Waals surface area (Å²) in [5.41, 5.74) is 5.55. The van der Waals surface area contributed by atoms with Gasteiger partial charge in [-0.1, -0.05) is 30.3 Å². The highest BCUT2D eigenvalue weighted by Gasteiger charge is 2.27. The largest absolute Gasteiger partial charge is 0.449 e. The molecule has 1 atom stereocenters. The molecule has 8 nitrogen and oxygen atoms in total. The fraction of sp³-hybridized carbons (Fsp3) is 0.238. The van der Waals surface area contributed by atoms with Crippen molar-refractivity contribution in [2.75, 3.05) is 11.4 Å². The molecule has 0 radical (unpaired) electrons. The number of nitrogens with one attached hydrogen (secondary N) is 2. The molecule has 0 aromatic heterocycles. The van der Waals surface area contributed by atoms with Crippen molar-refractivity contribution >= 4 is 29.4 Å². The third kappa shape index (κ3) is 4.78. The summed E-state index contributed by atoms with van der Waals surface area (Å²) < 4.78 is 5.23. The third-order valence-electron chi connectivity index (χ3n) is 4.48. The Morgan fingerprint density at radius 2 is 1.69 bits per heavy atom. The monoisotopic (exact) mass is 395 g/mol. The maximum absolute atomic E-state index is 12.6. The van der Waals surface area contributed by atoms with Gasteiger partial charge in [0.1, 0.15) is 0 Å². The summed E-state index contributed by atoms with van der Waals surface area (Å²) in [5, 5.41) is 0. The molecule has 0 bridgehead atoms. The van der Waals surface area contributed by atoms with Gasteiger partial charge in [-0.2, -0.15) is 0 Å². The second kappa shape index (κ2) is 9.01. The van der Waals surface area contributed by atoms with Crippen LogP contribution in [0.25, 0.3) is 0 Å². The van der Waals surface area contributed by atoms with Gasteiger partial charge < -0.3 is 9.64 Å². The Morgan fingerprint density at radius 3 is 2.38 bits per heavy atom.